The minimum absolute atomic E-state index is 0.271. The Morgan fingerprint density at radius 1 is 0.970 bits per heavy atom. The number of hydrazone groups is 1. The molecule has 7 nitrogen and oxygen atoms in total. The third-order valence-corrected chi connectivity index (χ3v) is 5.17. The molecular formula is C24H21Cl2N3O4. The highest BCUT2D eigenvalue weighted by atomic mass is 35.5. The normalized spacial score (nSPS) is 10.7. The molecule has 0 spiro atoms. The van der Waals surface area contributed by atoms with E-state index in [2.05, 4.69) is 15.8 Å². The Labute approximate surface area is 201 Å². The number of benzene rings is 3. The average molecular weight is 486 g/mol. The quantitative estimate of drug-likeness (QED) is 0.280. The number of rotatable bonds is 7. The monoisotopic (exact) mass is 485 g/mol. The lowest BCUT2D eigenvalue weighted by molar-refractivity contribution is -0.136. The smallest absolute Gasteiger partial charge is 0.329 e. The van der Waals surface area contributed by atoms with Crippen LogP contribution in [-0.4, -0.2) is 25.1 Å². The molecule has 3 aromatic rings. The van der Waals surface area contributed by atoms with Crippen molar-refractivity contribution in [3.63, 3.8) is 0 Å². The first-order chi connectivity index (χ1) is 15.9. The van der Waals surface area contributed by atoms with Gasteiger partial charge in [0.15, 0.2) is 11.5 Å². The van der Waals surface area contributed by atoms with E-state index in [0.717, 1.165) is 11.1 Å². The predicted molar refractivity (Wildman–Crippen MR) is 129 cm³/mol. The van der Waals surface area contributed by atoms with E-state index in [-0.39, 0.29) is 6.61 Å². The standard InChI is InChI=1S/C24H21Cl2N3O4/c1-15-4-3-5-18(10-15)28-23(30)24(31)29-27-13-16-7-9-21(22(12-16)32-2)33-14-17-6-8-19(25)20(26)11-17/h3-13H,14H2,1-2H3,(H,28,30)(H,29,31)/b27-13-. The number of hydrogen-bond donors (Lipinski definition) is 2. The molecule has 0 saturated heterocycles. The predicted octanol–water partition coefficient (Wildman–Crippen LogP) is 4.98. The van der Waals surface area contributed by atoms with Gasteiger partial charge in [0.2, 0.25) is 0 Å². The molecule has 0 aliphatic heterocycles. The number of carbonyl (C=O) groups is 2. The number of nitrogens with zero attached hydrogens (tertiary/aromatic N) is 1. The van der Waals surface area contributed by atoms with Gasteiger partial charge >= 0.3 is 11.8 Å². The Hall–Kier alpha value is -3.55. The first kappa shape index (κ1) is 24.1. The van der Waals surface area contributed by atoms with Crippen LogP contribution in [0.5, 0.6) is 11.5 Å². The Morgan fingerprint density at radius 2 is 1.79 bits per heavy atom. The van der Waals surface area contributed by atoms with Crippen molar-refractivity contribution in [1.82, 2.24) is 5.43 Å². The third-order valence-electron chi connectivity index (χ3n) is 4.43. The fourth-order valence-corrected chi connectivity index (χ4v) is 3.12. The minimum atomic E-state index is -0.888. The van der Waals surface area contributed by atoms with Gasteiger partial charge in [-0.05, 0) is 66.1 Å². The molecule has 0 saturated carbocycles. The van der Waals surface area contributed by atoms with Gasteiger partial charge in [-0.25, -0.2) is 5.43 Å². The van der Waals surface area contributed by atoms with E-state index in [1.165, 1.54) is 13.3 Å². The molecule has 170 valence electrons. The number of methoxy groups -OCH3 is 1. The third kappa shape index (κ3) is 6.97. The fourth-order valence-electron chi connectivity index (χ4n) is 2.80. The molecule has 0 atom stereocenters. The van der Waals surface area contributed by atoms with Crippen LogP contribution in [0.3, 0.4) is 0 Å². The molecule has 3 rings (SSSR count). The summed E-state index contributed by atoms with van der Waals surface area (Å²) in [7, 11) is 1.51. The summed E-state index contributed by atoms with van der Waals surface area (Å²) in [6.45, 7) is 2.16. The van der Waals surface area contributed by atoms with Gasteiger partial charge in [-0.3, -0.25) is 9.59 Å². The van der Waals surface area contributed by atoms with Crippen LogP contribution in [0.4, 0.5) is 5.69 Å². The van der Waals surface area contributed by atoms with Gasteiger partial charge in [-0.15, -0.1) is 0 Å². The van der Waals surface area contributed by atoms with Crippen LogP contribution in [0.2, 0.25) is 10.0 Å². The highest BCUT2D eigenvalue weighted by molar-refractivity contribution is 6.42. The van der Waals surface area contributed by atoms with Gasteiger partial charge in [0.1, 0.15) is 6.61 Å². The minimum Gasteiger partial charge on any atom is -0.493 e. The summed E-state index contributed by atoms with van der Waals surface area (Å²) >= 11 is 12.0. The van der Waals surface area contributed by atoms with Gasteiger partial charge < -0.3 is 14.8 Å². The molecule has 2 amide bonds. The molecule has 0 aliphatic rings. The molecule has 0 aromatic heterocycles. The summed E-state index contributed by atoms with van der Waals surface area (Å²) < 4.78 is 11.2. The second-order valence-electron chi connectivity index (χ2n) is 6.97. The maximum absolute atomic E-state index is 12.0. The lowest BCUT2D eigenvalue weighted by Crippen LogP contribution is -2.32. The van der Waals surface area contributed by atoms with Gasteiger partial charge in [-0.2, -0.15) is 5.10 Å². The molecule has 0 unspecified atom stereocenters. The fraction of sp³-hybridized carbons (Fsp3) is 0.125. The van der Waals surface area contributed by atoms with Crippen molar-refractivity contribution in [2.45, 2.75) is 13.5 Å². The van der Waals surface area contributed by atoms with Gasteiger partial charge in [-0.1, -0.05) is 41.4 Å². The van der Waals surface area contributed by atoms with E-state index < -0.39 is 11.8 Å². The van der Waals surface area contributed by atoms with Crippen LogP contribution in [0.15, 0.2) is 65.8 Å². The lowest BCUT2D eigenvalue weighted by Gasteiger charge is -2.11. The molecule has 0 aliphatic carbocycles. The van der Waals surface area contributed by atoms with Crippen molar-refractivity contribution >= 4 is 46.9 Å². The Bertz CT molecular complexity index is 1200. The number of amides is 2. The maximum atomic E-state index is 12.0. The largest absolute Gasteiger partial charge is 0.493 e. The van der Waals surface area contributed by atoms with Crippen molar-refractivity contribution in [3.05, 3.63) is 87.4 Å². The van der Waals surface area contributed by atoms with Crippen LogP contribution in [0.1, 0.15) is 16.7 Å². The van der Waals surface area contributed by atoms with Crippen molar-refractivity contribution in [1.29, 1.82) is 0 Å². The van der Waals surface area contributed by atoms with Crippen LogP contribution >= 0.6 is 23.2 Å². The zero-order valence-corrected chi connectivity index (χ0v) is 19.4. The molecule has 9 heteroatoms. The number of nitrogens with one attached hydrogen (secondary N) is 2. The summed E-state index contributed by atoms with van der Waals surface area (Å²) in [5.41, 5.74) is 5.17. The van der Waals surface area contributed by atoms with E-state index in [1.807, 2.05) is 19.1 Å². The van der Waals surface area contributed by atoms with E-state index in [0.29, 0.717) is 32.8 Å². The highest BCUT2D eigenvalue weighted by Gasteiger charge is 2.13. The number of aryl methyl sites for hydroxylation is 1. The number of halogens is 2. The summed E-state index contributed by atoms with van der Waals surface area (Å²) in [4.78, 5) is 24.0. The Kier molecular flexibility index (Phi) is 8.29. The zero-order chi connectivity index (χ0) is 23.8. The van der Waals surface area contributed by atoms with E-state index in [4.69, 9.17) is 32.7 Å². The summed E-state index contributed by atoms with van der Waals surface area (Å²) in [5.74, 6) is -0.715. The van der Waals surface area contributed by atoms with Crippen LogP contribution in [-0.2, 0) is 16.2 Å². The van der Waals surface area contributed by atoms with Gasteiger partial charge in [0, 0.05) is 5.69 Å². The SMILES string of the molecule is COc1cc(/C=N\NC(=O)C(=O)Nc2cccc(C)c2)ccc1OCc1ccc(Cl)c(Cl)c1. The molecule has 3 aromatic carbocycles. The molecule has 0 heterocycles. The number of carbonyl (C=O) groups excluding carboxylic acids is 2. The number of ether oxygens (including phenoxy) is 2. The molecule has 0 bridgehead atoms. The second-order valence-corrected chi connectivity index (χ2v) is 7.78. The van der Waals surface area contributed by atoms with Crippen molar-refractivity contribution < 1.29 is 19.1 Å². The van der Waals surface area contributed by atoms with Crippen molar-refractivity contribution in [2.75, 3.05) is 12.4 Å². The van der Waals surface area contributed by atoms with Crippen LogP contribution in [0, 0.1) is 6.92 Å². The molecule has 33 heavy (non-hydrogen) atoms. The molecular weight excluding hydrogens is 465 g/mol. The van der Waals surface area contributed by atoms with Crippen LogP contribution < -0.4 is 20.2 Å². The van der Waals surface area contributed by atoms with E-state index in [9.17, 15) is 9.59 Å². The van der Waals surface area contributed by atoms with Crippen LogP contribution in [0.25, 0.3) is 0 Å². The Balaban J connectivity index is 1.57. The van der Waals surface area contributed by atoms with Gasteiger partial charge in [0.05, 0.1) is 23.4 Å². The Morgan fingerprint density at radius 3 is 2.52 bits per heavy atom. The molecule has 2 N–H and O–H groups in total. The summed E-state index contributed by atoms with van der Waals surface area (Å²) in [6.07, 6.45) is 1.39. The maximum Gasteiger partial charge on any atom is 0.329 e. The zero-order valence-electron chi connectivity index (χ0n) is 17.9. The number of hydrogen-bond acceptors (Lipinski definition) is 5. The number of anilines is 1. The highest BCUT2D eigenvalue weighted by Crippen LogP contribution is 2.29. The second kappa shape index (κ2) is 11.4. The topological polar surface area (TPSA) is 89.0 Å². The first-order valence-electron chi connectivity index (χ1n) is 9.81. The molecule has 0 radical (unpaired) electrons. The van der Waals surface area contributed by atoms with E-state index >= 15 is 0 Å². The van der Waals surface area contributed by atoms with Crippen molar-refractivity contribution in [2.24, 2.45) is 5.10 Å². The lowest BCUT2D eigenvalue weighted by atomic mass is 10.2. The van der Waals surface area contributed by atoms with E-state index in [1.54, 1.807) is 48.5 Å². The first-order valence-corrected chi connectivity index (χ1v) is 10.6. The van der Waals surface area contributed by atoms with Gasteiger partial charge in [0.25, 0.3) is 0 Å². The molecule has 0 fully saturated rings. The summed E-state index contributed by atoms with van der Waals surface area (Å²) in [6, 6.07) is 17.5. The van der Waals surface area contributed by atoms with Crippen molar-refractivity contribution in [3.8, 4) is 11.5 Å². The summed E-state index contributed by atoms with van der Waals surface area (Å²) in [5, 5.41) is 7.27. The average Bonchev–Trinajstić information content (AvgIpc) is 2.80.